The quantitative estimate of drug-likeness (QED) is 0.219. The zero-order valence-electron chi connectivity index (χ0n) is 32.2. The Bertz CT molecular complexity index is 1310. The van der Waals surface area contributed by atoms with Gasteiger partial charge in [-0.3, -0.25) is 0 Å². The molecule has 2 aliphatic heterocycles. The third kappa shape index (κ3) is 5.70. The second-order valence-electron chi connectivity index (χ2n) is 19.9. The Morgan fingerprint density at radius 2 is 1.47 bits per heavy atom. The molecule has 51 heavy (non-hydrogen) atoms. The largest absolute Gasteiger partial charge is 0.394 e. The van der Waals surface area contributed by atoms with Crippen molar-refractivity contribution in [1.29, 1.82) is 0 Å². The third-order valence-corrected chi connectivity index (χ3v) is 17.3. The molecule has 0 aromatic heterocycles. The average Bonchev–Trinajstić information content (AvgIpc) is 3.43. The van der Waals surface area contributed by atoms with Crippen molar-refractivity contribution in [2.75, 3.05) is 13.2 Å². The zero-order valence-corrected chi connectivity index (χ0v) is 32.2. The number of ether oxygens (including phenoxy) is 4. The first-order valence-corrected chi connectivity index (χ1v) is 20.1. The van der Waals surface area contributed by atoms with Crippen LogP contribution in [0.2, 0.25) is 0 Å². The fourth-order valence-corrected chi connectivity index (χ4v) is 14.3. The summed E-state index contributed by atoms with van der Waals surface area (Å²) in [5, 5.41) is 63.2. The predicted octanol–water partition coefficient (Wildman–Crippen LogP) is 4.31. The van der Waals surface area contributed by atoms with E-state index in [0.29, 0.717) is 23.2 Å². The standard InChI is InChI=1S/C41H68O10/c1-21(2)22-11-14-38(5)17-18-40(7)23(29(22)38)9-10-27-39(6)15-13-28(37(3,4)26(39)12-16-41(27,40)8)50-34-32(46)35(47)49-25(19-42)33(34)51-36-31(45)30(44)24(43)20-48-36/h22-36,42-47H,1,9-20H2,2-8H3/t22-,23+,24+,25+,26-,27+,28?,29+,30-,31+,32+,33+,34+,35+,36-,38+,39-,40+,41+/m0/s1. The van der Waals surface area contributed by atoms with Gasteiger partial charge in [0.1, 0.15) is 42.7 Å². The lowest BCUT2D eigenvalue weighted by atomic mass is 9.32. The molecule has 292 valence electrons. The lowest BCUT2D eigenvalue weighted by molar-refractivity contribution is -0.356. The summed E-state index contributed by atoms with van der Waals surface area (Å²) in [4.78, 5) is 0. The van der Waals surface area contributed by atoms with Crippen molar-refractivity contribution in [1.82, 2.24) is 0 Å². The highest BCUT2D eigenvalue weighted by molar-refractivity contribution is 5.21. The third-order valence-electron chi connectivity index (χ3n) is 17.3. The molecule has 5 saturated carbocycles. The second kappa shape index (κ2) is 13.2. The maximum absolute atomic E-state index is 11.3. The molecule has 5 aliphatic carbocycles. The molecule has 0 radical (unpaired) electrons. The number of hydrogen-bond acceptors (Lipinski definition) is 10. The van der Waals surface area contributed by atoms with Crippen LogP contribution < -0.4 is 0 Å². The summed E-state index contributed by atoms with van der Waals surface area (Å²) < 4.78 is 24.0. The van der Waals surface area contributed by atoms with Crippen LogP contribution in [0.4, 0.5) is 0 Å². The van der Waals surface area contributed by atoms with Crippen molar-refractivity contribution in [3.8, 4) is 0 Å². The van der Waals surface area contributed by atoms with Gasteiger partial charge in [0.15, 0.2) is 12.6 Å². The summed E-state index contributed by atoms with van der Waals surface area (Å²) in [5.41, 5.74) is 2.17. The van der Waals surface area contributed by atoms with Gasteiger partial charge in [0.2, 0.25) is 0 Å². The van der Waals surface area contributed by atoms with Crippen LogP contribution in [-0.2, 0) is 18.9 Å². The highest BCUT2D eigenvalue weighted by Crippen LogP contribution is 2.77. The monoisotopic (exact) mass is 720 g/mol. The molecule has 7 aliphatic rings. The first kappa shape index (κ1) is 38.6. The fourth-order valence-electron chi connectivity index (χ4n) is 14.3. The van der Waals surface area contributed by atoms with E-state index in [1.165, 1.54) is 50.5 Å². The van der Waals surface area contributed by atoms with E-state index in [4.69, 9.17) is 18.9 Å². The van der Waals surface area contributed by atoms with Crippen molar-refractivity contribution in [2.45, 2.75) is 174 Å². The van der Waals surface area contributed by atoms with Gasteiger partial charge in [-0.2, -0.15) is 0 Å². The molecule has 6 N–H and O–H groups in total. The maximum Gasteiger partial charge on any atom is 0.186 e. The van der Waals surface area contributed by atoms with Gasteiger partial charge in [-0.05, 0) is 128 Å². The lowest BCUT2D eigenvalue weighted by Gasteiger charge is -2.73. The van der Waals surface area contributed by atoms with Gasteiger partial charge in [0, 0.05) is 0 Å². The van der Waals surface area contributed by atoms with Gasteiger partial charge in [-0.15, -0.1) is 0 Å². The van der Waals surface area contributed by atoms with Gasteiger partial charge in [-0.1, -0.05) is 53.7 Å². The Morgan fingerprint density at radius 3 is 2.16 bits per heavy atom. The molecule has 10 nitrogen and oxygen atoms in total. The van der Waals surface area contributed by atoms with Crippen LogP contribution in [0.15, 0.2) is 12.2 Å². The van der Waals surface area contributed by atoms with E-state index in [1.54, 1.807) is 0 Å². The van der Waals surface area contributed by atoms with Crippen molar-refractivity contribution in [2.24, 2.45) is 56.7 Å². The van der Waals surface area contributed by atoms with Crippen molar-refractivity contribution in [3.05, 3.63) is 12.2 Å². The first-order chi connectivity index (χ1) is 23.8. The molecule has 0 spiro atoms. The van der Waals surface area contributed by atoms with E-state index >= 15 is 0 Å². The molecule has 19 atom stereocenters. The molecule has 0 aromatic carbocycles. The number of aliphatic hydroxyl groups is 6. The van der Waals surface area contributed by atoms with Crippen LogP contribution in [0.25, 0.3) is 0 Å². The number of allylic oxidation sites excluding steroid dienone is 1. The number of aliphatic hydroxyl groups excluding tert-OH is 6. The summed E-state index contributed by atoms with van der Waals surface area (Å²) >= 11 is 0. The molecule has 7 fully saturated rings. The highest BCUT2D eigenvalue weighted by Gasteiger charge is 2.70. The van der Waals surface area contributed by atoms with Crippen molar-refractivity contribution in [3.63, 3.8) is 0 Å². The summed E-state index contributed by atoms with van der Waals surface area (Å²) in [6, 6.07) is 0. The molecular weight excluding hydrogens is 652 g/mol. The topological polar surface area (TPSA) is 158 Å². The summed E-state index contributed by atoms with van der Waals surface area (Å²) in [7, 11) is 0. The lowest BCUT2D eigenvalue weighted by Crippen LogP contribution is -2.68. The molecule has 7 rings (SSSR count). The molecule has 10 heteroatoms. The van der Waals surface area contributed by atoms with E-state index in [9.17, 15) is 30.6 Å². The normalized spacial score (nSPS) is 56.7. The first-order valence-electron chi connectivity index (χ1n) is 20.1. The number of fused-ring (bicyclic) bond motifs is 7. The summed E-state index contributed by atoms with van der Waals surface area (Å²) in [6.45, 7) is 21.0. The molecule has 0 amide bonds. The maximum atomic E-state index is 11.3. The van der Waals surface area contributed by atoms with Gasteiger partial charge in [0.25, 0.3) is 0 Å². The van der Waals surface area contributed by atoms with Crippen LogP contribution in [0.1, 0.15) is 113 Å². The highest BCUT2D eigenvalue weighted by atomic mass is 16.7. The van der Waals surface area contributed by atoms with E-state index in [2.05, 4.69) is 55.0 Å². The molecule has 1 unspecified atom stereocenters. The summed E-state index contributed by atoms with van der Waals surface area (Å²) in [6.07, 6.45) is -0.550. The number of rotatable bonds is 6. The van der Waals surface area contributed by atoms with Crippen molar-refractivity contribution < 1.29 is 49.6 Å². The molecule has 0 aromatic rings. The van der Waals surface area contributed by atoms with Gasteiger partial charge < -0.3 is 49.6 Å². The van der Waals surface area contributed by atoms with E-state index < -0.39 is 61.9 Å². The Labute approximate surface area is 305 Å². The Morgan fingerprint density at radius 1 is 0.745 bits per heavy atom. The van der Waals surface area contributed by atoms with E-state index in [0.717, 1.165) is 31.1 Å². The zero-order chi connectivity index (χ0) is 37.1. The second-order valence-corrected chi connectivity index (χ2v) is 19.9. The molecule has 0 bridgehead atoms. The van der Waals surface area contributed by atoms with Gasteiger partial charge >= 0.3 is 0 Å². The summed E-state index contributed by atoms with van der Waals surface area (Å²) in [5.74, 6) is 3.06. The number of hydrogen-bond donors (Lipinski definition) is 6. The minimum Gasteiger partial charge on any atom is -0.394 e. The van der Waals surface area contributed by atoms with Crippen LogP contribution in [-0.4, -0.2) is 105 Å². The average molecular weight is 721 g/mol. The minimum atomic E-state index is -1.61. The van der Waals surface area contributed by atoms with Crippen LogP contribution >= 0.6 is 0 Å². The Kier molecular flexibility index (Phi) is 10.0. The molecular formula is C41H68O10. The van der Waals surface area contributed by atoms with E-state index in [1.807, 2.05) is 0 Å². The molecule has 2 saturated heterocycles. The molecule has 2 heterocycles. The van der Waals surface area contributed by atoms with Crippen LogP contribution in [0, 0.1) is 56.7 Å². The van der Waals surface area contributed by atoms with Gasteiger partial charge in [-0.25, -0.2) is 0 Å². The Balaban J connectivity index is 1.13. The van der Waals surface area contributed by atoms with Gasteiger partial charge in [0.05, 0.1) is 19.3 Å². The van der Waals surface area contributed by atoms with Crippen LogP contribution in [0.3, 0.4) is 0 Å². The van der Waals surface area contributed by atoms with E-state index in [-0.39, 0.29) is 34.4 Å². The van der Waals surface area contributed by atoms with Crippen LogP contribution in [0.5, 0.6) is 0 Å². The predicted molar refractivity (Wildman–Crippen MR) is 190 cm³/mol. The fraction of sp³-hybridized carbons (Fsp3) is 0.951. The Hall–Kier alpha value is -0.660. The smallest absolute Gasteiger partial charge is 0.186 e. The van der Waals surface area contributed by atoms with Crippen molar-refractivity contribution >= 4 is 0 Å². The minimum absolute atomic E-state index is 0.114. The SMILES string of the molecule is C=C(C)[C@@H]1CC[C@]2(C)CC[C@]3(C)[C@H](CC[C@@H]4[C@@]5(C)CCC(O[C@@H]6[C@@H](O)[C@H](O)O[C@H](CO)[C@H]6O[C@@H]6OC[C@@H](O)[C@H](O)[C@H]6O)C(C)(C)[C@@H]5CC[C@]43C)[C@@H]12.